The van der Waals surface area contributed by atoms with Crippen LogP contribution < -0.4 is 0 Å². The molecule has 6 aromatic rings. The van der Waals surface area contributed by atoms with Gasteiger partial charge in [-0.2, -0.15) is 5.10 Å². The average Bonchev–Trinajstić information content (AvgIpc) is 3.43. The van der Waals surface area contributed by atoms with Crippen molar-refractivity contribution in [3.63, 3.8) is 0 Å². The quantitative estimate of drug-likeness (QED) is 0.472. The van der Waals surface area contributed by atoms with Crippen molar-refractivity contribution in [2.24, 2.45) is 0 Å². The molecule has 0 saturated heterocycles. The van der Waals surface area contributed by atoms with E-state index in [1.54, 1.807) is 31.0 Å². The molecule has 2 N–H and O–H groups in total. The summed E-state index contributed by atoms with van der Waals surface area (Å²) in [6.07, 6.45) is 8.81. The Bertz CT molecular complexity index is 1490. The summed E-state index contributed by atoms with van der Waals surface area (Å²) in [6, 6.07) is 13.5. The fraction of sp³-hybridized carbons (Fsp3) is 0. The molecular formula is C22H14N8. The van der Waals surface area contributed by atoms with Crippen LogP contribution in [0.25, 0.3) is 56.1 Å². The van der Waals surface area contributed by atoms with Gasteiger partial charge < -0.3 is 4.98 Å². The first-order valence-electron chi connectivity index (χ1n) is 9.38. The monoisotopic (exact) mass is 390 g/mol. The maximum atomic E-state index is 4.83. The first-order chi connectivity index (χ1) is 14.9. The molecule has 6 aromatic heterocycles. The van der Waals surface area contributed by atoms with Crippen molar-refractivity contribution >= 4 is 21.9 Å². The van der Waals surface area contributed by atoms with E-state index in [1.807, 2.05) is 42.5 Å². The number of nitrogens with zero attached hydrogens (tertiary/aromatic N) is 6. The van der Waals surface area contributed by atoms with Gasteiger partial charge >= 0.3 is 0 Å². The Balaban J connectivity index is 1.52. The van der Waals surface area contributed by atoms with Crippen LogP contribution in [0.3, 0.4) is 0 Å². The summed E-state index contributed by atoms with van der Waals surface area (Å²) < 4.78 is 0. The van der Waals surface area contributed by atoms with E-state index in [4.69, 9.17) is 4.98 Å². The van der Waals surface area contributed by atoms with Gasteiger partial charge in [-0.25, -0.2) is 4.98 Å². The second-order valence-electron chi connectivity index (χ2n) is 6.79. The van der Waals surface area contributed by atoms with Crippen molar-refractivity contribution in [3.05, 3.63) is 73.4 Å². The highest BCUT2D eigenvalue weighted by Crippen LogP contribution is 2.31. The van der Waals surface area contributed by atoms with Gasteiger partial charge in [0, 0.05) is 29.5 Å². The number of pyridine rings is 4. The Labute approximate surface area is 170 Å². The molecule has 8 nitrogen and oxygen atoms in total. The molecule has 0 atom stereocenters. The van der Waals surface area contributed by atoms with Gasteiger partial charge in [0.15, 0.2) is 5.82 Å². The van der Waals surface area contributed by atoms with Crippen molar-refractivity contribution in [1.29, 1.82) is 0 Å². The summed E-state index contributed by atoms with van der Waals surface area (Å²) in [6.45, 7) is 0. The molecule has 0 aromatic carbocycles. The molecule has 0 aliphatic rings. The molecule has 0 spiro atoms. The minimum Gasteiger partial charge on any atom is -0.335 e. The highest BCUT2D eigenvalue weighted by atomic mass is 15.1. The molecule has 0 aliphatic heterocycles. The highest BCUT2D eigenvalue weighted by Gasteiger charge is 2.16. The molecule has 0 radical (unpaired) electrons. The van der Waals surface area contributed by atoms with Crippen molar-refractivity contribution in [1.82, 2.24) is 40.1 Å². The maximum Gasteiger partial charge on any atom is 0.159 e. The standard InChI is InChI=1S/C22H14N8/c1-3-7-24-15(5-1)14-10-23-11-19-20(14)28-22(27-19)21-13-9-17(16-6-2-4-8-25-16)26-12-18(13)29-30-21/h1-12H,(H,27,28)(H,29,30). The molecule has 0 fully saturated rings. The largest absolute Gasteiger partial charge is 0.335 e. The molecule has 0 saturated carbocycles. The Kier molecular flexibility index (Phi) is 3.60. The SMILES string of the molecule is c1ccc(-c2cc3c(-c4nc5c(-c6ccccn6)cncc5[nH]4)n[nH]c3cn2)nc1. The van der Waals surface area contributed by atoms with E-state index in [2.05, 4.69) is 35.1 Å². The van der Waals surface area contributed by atoms with Crippen LogP contribution in [-0.2, 0) is 0 Å². The lowest BCUT2D eigenvalue weighted by Crippen LogP contribution is -1.87. The zero-order valence-electron chi connectivity index (χ0n) is 15.6. The molecule has 0 amide bonds. The third kappa shape index (κ3) is 2.62. The maximum absolute atomic E-state index is 4.83. The van der Waals surface area contributed by atoms with Crippen molar-refractivity contribution < 1.29 is 0 Å². The van der Waals surface area contributed by atoms with Gasteiger partial charge in [0.05, 0.1) is 40.5 Å². The third-order valence-electron chi connectivity index (χ3n) is 4.93. The van der Waals surface area contributed by atoms with Gasteiger partial charge in [-0.15, -0.1) is 0 Å². The van der Waals surface area contributed by atoms with Crippen LogP contribution in [0.2, 0.25) is 0 Å². The minimum atomic E-state index is 0.652. The fourth-order valence-electron chi connectivity index (χ4n) is 3.51. The van der Waals surface area contributed by atoms with Crippen LogP contribution in [0.1, 0.15) is 0 Å². The van der Waals surface area contributed by atoms with Crippen LogP contribution in [0, 0.1) is 0 Å². The summed E-state index contributed by atoms with van der Waals surface area (Å²) in [5, 5.41) is 8.43. The van der Waals surface area contributed by atoms with E-state index < -0.39 is 0 Å². The lowest BCUT2D eigenvalue weighted by atomic mass is 10.1. The average molecular weight is 390 g/mol. The third-order valence-corrected chi connectivity index (χ3v) is 4.93. The highest BCUT2D eigenvalue weighted by molar-refractivity contribution is 5.96. The van der Waals surface area contributed by atoms with Gasteiger partial charge in [-0.1, -0.05) is 12.1 Å². The number of hydrogen-bond acceptors (Lipinski definition) is 6. The van der Waals surface area contributed by atoms with Crippen molar-refractivity contribution in [2.75, 3.05) is 0 Å². The molecule has 142 valence electrons. The van der Waals surface area contributed by atoms with Crippen LogP contribution in [0.4, 0.5) is 0 Å². The number of imidazole rings is 1. The van der Waals surface area contributed by atoms with Gasteiger partial charge in [0.1, 0.15) is 11.2 Å². The smallest absolute Gasteiger partial charge is 0.159 e. The Morgan fingerprint density at radius 3 is 2.37 bits per heavy atom. The van der Waals surface area contributed by atoms with E-state index in [0.717, 1.165) is 44.6 Å². The van der Waals surface area contributed by atoms with Gasteiger partial charge in [0.2, 0.25) is 0 Å². The van der Waals surface area contributed by atoms with E-state index >= 15 is 0 Å². The molecule has 8 heteroatoms. The topological polar surface area (TPSA) is 109 Å². The van der Waals surface area contributed by atoms with Crippen LogP contribution in [0.15, 0.2) is 73.4 Å². The van der Waals surface area contributed by atoms with Crippen LogP contribution in [0.5, 0.6) is 0 Å². The summed E-state index contributed by atoms with van der Waals surface area (Å²) in [4.78, 5) is 25.8. The number of hydrogen-bond donors (Lipinski definition) is 2. The second kappa shape index (κ2) is 6.56. The molecule has 0 aliphatic carbocycles. The van der Waals surface area contributed by atoms with E-state index in [-0.39, 0.29) is 0 Å². The molecule has 0 unspecified atom stereocenters. The van der Waals surface area contributed by atoms with Gasteiger partial charge in [-0.05, 0) is 30.3 Å². The molecule has 6 heterocycles. The van der Waals surface area contributed by atoms with Gasteiger partial charge in [0.25, 0.3) is 0 Å². The lowest BCUT2D eigenvalue weighted by Gasteiger charge is -2.00. The molecule has 0 bridgehead atoms. The second-order valence-corrected chi connectivity index (χ2v) is 6.79. The zero-order valence-corrected chi connectivity index (χ0v) is 15.6. The van der Waals surface area contributed by atoms with E-state index in [9.17, 15) is 0 Å². The predicted molar refractivity (Wildman–Crippen MR) is 113 cm³/mol. The lowest BCUT2D eigenvalue weighted by molar-refractivity contribution is 1.10. The number of H-pyrrole nitrogens is 2. The number of fused-ring (bicyclic) bond motifs is 2. The number of aromatic amines is 2. The van der Waals surface area contributed by atoms with Crippen LogP contribution in [-0.4, -0.2) is 40.1 Å². The van der Waals surface area contributed by atoms with E-state index in [1.165, 1.54) is 0 Å². The number of aromatic nitrogens is 8. The summed E-state index contributed by atoms with van der Waals surface area (Å²) in [7, 11) is 0. The van der Waals surface area contributed by atoms with Crippen LogP contribution >= 0.6 is 0 Å². The summed E-state index contributed by atoms with van der Waals surface area (Å²) in [5.41, 5.74) is 6.43. The number of rotatable bonds is 3. The van der Waals surface area contributed by atoms with Gasteiger partial charge in [-0.3, -0.25) is 25.0 Å². The van der Waals surface area contributed by atoms with Crippen molar-refractivity contribution in [3.8, 4) is 34.2 Å². The van der Waals surface area contributed by atoms with Crippen molar-refractivity contribution in [2.45, 2.75) is 0 Å². The molecule has 6 rings (SSSR count). The number of nitrogens with one attached hydrogen (secondary N) is 2. The molecule has 30 heavy (non-hydrogen) atoms. The van der Waals surface area contributed by atoms with E-state index in [0.29, 0.717) is 11.5 Å². The zero-order chi connectivity index (χ0) is 19.9. The Morgan fingerprint density at radius 2 is 1.57 bits per heavy atom. The molecular weight excluding hydrogens is 376 g/mol. The minimum absolute atomic E-state index is 0.652. The summed E-state index contributed by atoms with van der Waals surface area (Å²) in [5.74, 6) is 0.652. The summed E-state index contributed by atoms with van der Waals surface area (Å²) >= 11 is 0. The first kappa shape index (κ1) is 16.5. The first-order valence-corrected chi connectivity index (χ1v) is 9.38. The predicted octanol–water partition coefficient (Wildman–Crippen LogP) is 4.02. The Hall–Kier alpha value is -4.46. The fourth-order valence-corrected chi connectivity index (χ4v) is 3.51. The normalized spacial score (nSPS) is 11.3. The Morgan fingerprint density at radius 1 is 0.733 bits per heavy atom.